The molecule has 3 heteroatoms. The fourth-order valence-corrected chi connectivity index (χ4v) is 3.13. The van der Waals surface area contributed by atoms with Crippen molar-refractivity contribution in [1.29, 1.82) is 0 Å². The van der Waals surface area contributed by atoms with Crippen LogP contribution in [0.2, 0.25) is 0 Å². The molecule has 0 aromatic heterocycles. The fraction of sp³-hybridized carbons (Fsp3) is 0.636. The molecule has 0 aromatic carbocycles. The number of allylic oxidation sites excluding steroid dienone is 8. The summed E-state index contributed by atoms with van der Waals surface area (Å²) >= 11 is 0. The summed E-state index contributed by atoms with van der Waals surface area (Å²) in [6.45, 7) is 18.0. The van der Waals surface area contributed by atoms with Crippen molar-refractivity contribution in [2.45, 2.75) is 68.2 Å². The Labute approximate surface area is 197 Å². The Kier molecular flexibility index (Phi) is 18.1. The van der Waals surface area contributed by atoms with Gasteiger partial charge in [0.15, 0.2) is 0 Å². The summed E-state index contributed by atoms with van der Waals surface area (Å²) < 4.78 is 0. The number of hydrogen-bond acceptors (Lipinski definition) is 0. The first-order valence-electron chi connectivity index (χ1n) is 8.87. The standard InChI is InChI=1S/2C11H17.2BrH.Zr/c2*1-8(2)10-6-5-7-11(10)9(3)4;;;/h2*6,8-9H,5H2,1-4H3;2*1H;/q2*-1;;;+4/p-2. The molecule has 0 bridgehead atoms. The van der Waals surface area contributed by atoms with Crippen molar-refractivity contribution in [2.75, 3.05) is 0 Å². The molecule has 2 aliphatic rings. The first kappa shape index (κ1) is 30.5. The Morgan fingerprint density at radius 3 is 1.04 bits per heavy atom. The summed E-state index contributed by atoms with van der Waals surface area (Å²) in [6.07, 6.45) is 13.5. The van der Waals surface area contributed by atoms with Crippen LogP contribution >= 0.6 is 0 Å². The fourth-order valence-electron chi connectivity index (χ4n) is 3.13. The summed E-state index contributed by atoms with van der Waals surface area (Å²) in [4.78, 5) is 0. The minimum Gasteiger partial charge on any atom is -1.00 e. The number of hydrogen-bond donors (Lipinski definition) is 0. The second-order valence-electron chi connectivity index (χ2n) is 7.53. The van der Waals surface area contributed by atoms with Gasteiger partial charge in [-0.05, 0) is 0 Å². The van der Waals surface area contributed by atoms with Gasteiger partial charge in [-0.25, -0.2) is 11.1 Å². The molecular formula is C22H34Br2Zr. The van der Waals surface area contributed by atoms with Crippen LogP contribution in [0.15, 0.2) is 34.4 Å². The molecule has 0 aromatic rings. The molecule has 0 saturated carbocycles. The molecule has 0 spiro atoms. The molecule has 0 heterocycles. The summed E-state index contributed by atoms with van der Waals surface area (Å²) in [7, 11) is 0. The van der Waals surface area contributed by atoms with E-state index in [1.807, 2.05) is 0 Å². The molecule has 0 fully saturated rings. The van der Waals surface area contributed by atoms with Crippen molar-refractivity contribution in [3.05, 3.63) is 46.6 Å². The van der Waals surface area contributed by atoms with E-state index < -0.39 is 0 Å². The van der Waals surface area contributed by atoms with E-state index >= 15 is 0 Å². The summed E-state index contributed by atoms with van der Waals surface area (Å²) in [5, 5.41) is 0. The van der Waals surface area contributed by atoms with E-state index in [-0.39, 0.29) is 60.2 Å². The average molecular weight is 550 g/mol. The molecule has 0 saturated heterocycles. The van der Waals surface area contributed by atoms with Gasteiger partial charge in [-0.15, -0.1) is 12.8 Å². The SMILES string of the molecule is CC(C)C1=[C-]CC=C1C(C)C.CC(C)C1=[C-]CC=C1C(C)C.[Br-].[Br-].[Zr+4]. The van der Waals surface area contributed by atoms with Gasteiger partial charge in [0.2, 0.25) is 0 Å². The van der Waals surface area contributed by atoms with Gasteiger partial charge in [-0.3, -0.25) is 12.2 Å². The van der Waals surface area contributed by atoms with Crippen LogP contribution in [0, 0.1) is 35.8 Å². The number of rotatable bonds is 4. The van der Waals surface area contributed by atoms with Gasteiger partial charge in [0.25, 0.3) is 0 Å². The summed E-state index contributed by atoms with van der Waals surface area (Å²) in [5.41, 5.74) is 5.92. The molecular weight excluding hydrogens is 515 g/mol. The van der Waals surface area contributed by atoms with Crippen molar-refractivity contribution in [2.24, 2.45) is 23.7 Å². The smallest absolute Gasteiger partial charge is 1.00 e. The Morgan fingerprint density at radius 1 is 0.600 bits per heavy atom. The minimum absolute atomic E-state index is 0. The predicted molar refractivity (Wildman–Crippen MR) is 98.3 cm³/mol. The van der Waals surface area contributed by atoms with Crippen molar-refractivity contribution in [1.82, 2.24) is 0 Å². The summed E-state index contributed by atoms with van der Waals surface area (Å²) in [6, 6.07) is 0. The second kappa shape index (κ2) is 14.8. The zero-order valence-corrected chi connectivity index (χ0v) is 22.8. The van der Waals surface area contributed by atoms with Crippen LogP contribution < -0.4 is 34.0 Å². The van der Waals surface area contributed by atoms with Crippen LogP contribution in [-0.4, -0.2) is 0 Å². The third-order valence-corrected chi connectivity index (χ3v) is 4.25. The molecule has 0 atom stereocenters. The maximum Gasteiger partial charge on any atom is 4.00 e. The number of halogens is 2. The maximum atomic E-state index is 3.41. The van der Waals surface area contributed by atoms with Gasteiger partial charge in [0, 0.05) is 0 Å². The van der Waals surface area contributed by atoms with Crippen LogP contribution in [-0.2, 0) is 26.2 Å². The molecule has 2 rings (SSSR count). The monoisotopic (exact) mass is 546 g/mol. The third-order valence-electron chi connectivity index (χ3n) is 4.25. The first-order valence-corrected chi connectivity index (χ1v) is 8.87. The molecule has 0 aliphatic heterocycles. The zero-order chi connectivity index (χ0) is 16.9. The van der Waals surface area contributed by atoms with Crippen molar-refractivity contribution in [3.63, 3.8) is 0 Å². The molecule has 2 aliphatic carbocycles. The first-order chi connectivity index (χ1) is 10.3. The van der Waals surface area contributed by atoms with E-state index in [1.165, 1.54) is 22.3 Å². The zero-order valence-electron chi connectivity index (χ0n) is 17.1. The molecule has 0 radical (unpaired) electrons. The van der Waals surface area contributed by atoms with Crippen LogP contribution in [0.4, 0.5) is 0 Å². The van der Waals surface area contributed by atoms with E-state index in [0.29, 0.717) is 23.7 Å². The van der Waals surface area contributed by atoms with E-state index in [2.05, 4.69) is 79.7 Å². The second-order valence-corrected chi connectivity index (χ2v) is 7.53. The van der Waals surface area contributed by atoms with Crippen molar-refractivity contribution < 1.29 is 60.2 Å². The van der Waals surface area contributed by atoms with Crippen LogP contribution in [0.1, 0.15) is 68.2 Å². The van der Waals surface area contributed by atoms with Gasteiger partial charge >= 0.3 is 26.2 Å². The molecule has 0 unspecified atom stereocenters. The molecule has 0 nitrogen and oxygen atoms in total. The third kappa shape index (κ3) is 9.52. The van der Waals surface area contributed by atoms with Crippen LogP contribution in [0.25, 0.3) is 0 Å². The molecule has 140 valence electrons. The van der Waals surface area contributed by atoms with E-state index in [4.69, 9.17) is 0 Å². The van der Waals surface area contributed by atoms with E-state index in [1.54, 1.807) is 0 Å². The minimum atomic E-state index is 0. The Hall–Kier alpha value is 0.803. The largest absolute Gasteiger partial charge is 4.00 e. The molecule has 0 amide bonds. The Morgan fingerprint density at radius 2 is 0.880 bits per heavy atom. The van der Waals surface area contributed by atoms with Crippen LogP contribution in [0.5, 0.6) is 0 Å². The normalized spacial score (nSPS) is 15.5. The average Bonchev–Trinajstić information content (AvgIpc) is 3.08. The Bertz CT molecular complexity index is 402. The quantitative estimate of drug-likeness (QED) is 0.454. The maximum absolute atomic E-state index is 3.41. The molecule has 25 heavy (non-hydrogen) atoms. The molecule has 0 N–H and O–H groups in total. The van der Waals surface area contributed by atoms with Gasteiger partial charge in [-0.2, -0.15) is 23.3 Å². The van der Waals surface area contributed by atoms with Crippen molar-refractivity contribution in [3.8, 4) is 0 Å². The van der Waals surface area contributed by atoms with Gasteiger partial charge in [0.1, 0.15) is 0 Å². The van der Waals surface area contributed by atoms with E-state index in [0.717, 1.165) is 12.8 Å². The summed E-state index contributed by atoms with van der Waals surface area (Å²) in [5.74, 6) is 2.63. The van der Waals surface area contributed by atoms with Gasteiger partial charge in [0.05, 0.1) is 0 Å². The van der Waals surface area contributed by atoms with E-state index in [9.17, 15) is 0 Å². The van der Waals surface area contributed by atoms with Gasteiger partial charge in [-0.1, -0.05) is 79.1 Å². The predicted octanol–water partition coefficient (Wildman–Crippen LogP) is 0.722. The Balaban J connectivity index is -0.000000346. The van der Waals surface area contributed by atoms with Gasteiger partial charge < -0.3 is 34.0 Å². The topological polar surface area (TPSA) is 0 Å². The van der Waals surface area contributed by atoms with Crippen molar-refractivity contribution >= 4 is 0 Å². The van der Waals surface area contributed by atoms with Crippen LogP contribution in [0.3, 0.4) is 0 Å².